The van der Waals surface area contributed by atoms with Crippen LogP contribution in [-0.4, -0.2) is 45.9 Å². The first-order chi connectivity index (χ1) is 11.3. The van der Waals surface area contributed by atoms with Crippen LogP contribution in [0.25, 0.3) is 0 Å². The van der Waals surface area contributed by atoms with Gasteiger partial charge >= 0.3 is 0 Å². The van der Waals surface area contributed by atoms with Crippen LogP contribution in [-0.2, 0) is 11.2 Å². The van der Waals surface area contributed by atoms with E-state index in [0.29, 0.717) is 0 Å². The van der Waals surface area contributed by atoms with Crippen LogP contribution >= 0.6 is 24.0 Å². The number of guanidine groups is 1. The maximum atomic E-state index is 5.33. The van der Waals surface area contributed by atoms with Crippen molar-refractivity contribution in [3.05, 3.63) is 29.8 Å². The minimum Gasteiger partial charge on any atom is -0.497 e. The number of aliphatic imine (C=N–C) groups is 1. The van der Waals surface area contributed by atoms with Crippen LogP contribution in [0.3, 0.4) is 0 Å². The summed E-state index contributed by atoms with van der Waals surface area (Å²) in [5.74, 6) is 1.80. The van der Waals surface area contributed by atoms with Crippen molar-refractivity contribution in [2.24, 2.45) is 4.99 Å². The summed E-state index contributed by atoms with van der Waals surface area (Å²) in [6.07, 6.45) is 3.01. The number of benzene rings is 1. The van der Waals surface area contributed by atoms with Gasteiger partial charge in [0, 0.05) is 32.8 Å². The smallest absolute Gasteiger partial charge is 0.191 e. The molecule has 0 unspecified atom stereocenters. The number of hydrogen-bond acceptors (Lipinski definition) is 3. The Morgan fingerprint density at radius 2 is 2.00 bits per heavy atom. The molecule has 0 bridgehead atoms. The van der Waals surface area contributed by atoms with Gasteiger partial charge in [0.2, 0.25) is 0 Å². The fourth-order valence-corrected chi connectivity index (χ4v) is 2.17. The molecular weight excluding hydrogens is 417 g/mol. The van der Waals surface area contributed by atoms with Gasteiger partial charge in [-0.1, -0.05) is 12.1 Å². The van der Waals surface area contributed by atoms with Crippen molar-refractivity contribution in [2.75, 3.05) is 40.0 Å². The van der Waals surface area contributed by atoms with Crippen LogP contribution < -0.4 is 15.4 Å². The van der Waals surface area contributed by atoms with Gasteiger partial charge in [-0.25, -0.2) is 0 Å². The van der Waals surface area contributed by atoms with Crippen LogP contribution in [0.5, 0.6) is 5.75 Å². The maximum Gasteiger partial charge on any atom is 0.191 e. The molecule has 0 atom stereocenters. The molecular formula is C18H32IN3O2. The lowest BCUT2D eigenvalue weighted by atomic mass is 10.1. The Labute approximate surface area is 163 Å². The third-order valence-electron chi connectivity index (χ3n) is 3.33. The average Bonchev–Trinajstić information content (AvgIpc) is 2.58. The molecule has 0 aliphatic heterocycles. The lowest BCUT2D eigenvalue weighted by Crippen LogP contribution is -2.38. The molecule has 0 fully saturated rings. The summed E-state index contributed by atoms with van der Waals surface area (Å²) in [7, 11) is 1.70. The molecule has 24 heavy (non-hydrogen) atoms. The number of hydrogen-bond donors (Lipinski definition) is 2. The highest BCUT2D eigenvalue weighted by atomic mass is 127. The second-order valence-corrected chi connectivity index (χ2v) is 5.19. The summed E-state index contributed by atoms with van der Waals surface area (Å²) in [6.45, 7) is 8.21. The van der Waals surface area contributed by atoms with Crippen molar-refractivity contribution >= 4 is 29.9 Å². The molecule has 0 aliphatic rings. The highest BCUT2D eigenvalue weighted by Gasteiger charge is 1.98. The zero-order valence-electron chi connectivity index (χ0n) is 15.1. The zero-order valence-corrected chi connectivity index (χ0v) is 17.5. The normalized spacial score (nSPS) is 10.9. The third kappa shape index (κ3) is 10.7. The van der Waals surface area contributed by atoms with Gasteiger partial charge in [0.05, 0.1) is 7.11 Å². The van der Waals surface area contributed by atoms with Crippen molar-refractivity contribution < 1.29 is 9.47 Å². The molecule has 2 N–H and O–H groups in total. The second kappa shape index (κ2) is 15.5. The zero-order chi connectivity index (χ0) is 16.8. The summed E-state index contributed by atoms with van der Waals surface area (Å²) in [4.78, 5) is 4.61. The highest BCUT2D eigenvalue weighted by molar-refractivity contribution is 14.0. The number of methoxy groups -OCH3 is 1. The predicted molar refractivity (Wildman–Crippen MR) is 112 cm³/mol. The van der Waals surface area contributed by atoms with E-state index in [1.54, 1.807) is 7.11 Å². The molecule has 0 spiro atoms. The molecule has 0 amide bonds. The fourth-order valence-electron chi connectivity index (χ4n) is 2.17. The van der Waals surface area contributed by atoms with Gasteiger partial charge < -0.3 is 20.1 Å². The van der Waals surface area contributed by atoms with Gasteiger partial charge in [-0.3, -0.25) is 4.99 Å². The molecule has 1 aromatic carbocycles. The van der Waals surface area contributed by atoms with E-state index in [1.807, 2.05) is 19.1 Å². The Morgan fingerprint density at radius 1 is 1.17 bits per heavy atom. The predicted octanol–water partition coefficient (Wildman–Crippen LogP) is 3.23. The van der Waals surface area contributed by atoms with E-state index >= 15 is 0 Å². The average molecular weight is 449 g/mol. The lowest BCUT2D eigenvalue weighted by molar-refractivity contribution is 0.145. The van der Waals surface area contributed by atoms with Gasteiger partial charge in [-0.05, 0) is 50.8 Å². The van der Waals surface area contributed by atoms with E-state index in [0.717, 1.165) is 63.8 Å². The molecule has 0 aliphatic carbocycles. The maximum absolute atomic E-state index is 5.33. The first kappa shape index (κ1) is 23.0. The molecule has 6 heteroatoms. The quantitative estimate of drug-likeness (QED) is 0.236. The largest absolute Gasteiger partial charge is 0.497 e. The van der Waals surface area contributed by atoms with E-state index in [2.05, 4.69) is 34.7 Å². The van der Waals surface area contributed by atoms with E-state index in [-0.39, 0.29) is 24.0 Å². The molecule has 0 aromatic heterocycles. The number of nitrogens with zero attached hydrogens (tertiary/aromatic N) is 1. The number of halogens is 1. The molecule has 0 saturated heterocycles. The molecule has 0 heterocycles. The SMILES string of the molecule is CCNC(=NCCCc1cccc(OC)c1)NCCCOCC.I. The number of rotatable bonds is 11. The highest BCUT2D eigenvalue weighted by Crippen LogP contribution is 2.13. The standard InChI is InChI=1S/C18H31N3O2.HI/c1-4-19-18(21-13-8-14-23-5-2)20-12-7-10-16-9-6-11-17(15-16)22-3;/h6,9,11,15H,4-5,7-8,10,12-14H2,1-3H3,(H2,19,20,21);1H. The third-order valence-corrected chi connectivity index (χ3v) is 3.33. The summed E-state index contributed by atoms with van der Waals surface area (Å²) in [5, 5.41) is 6.60. The van der Waals surface area contributed by atoms with Gasteiger partial charge in [0.15, 0.2) is 5.96 Å². The summed E-state index contributed by atoms with van der Waals surface area (Å²) >= 11 is 0. The van der Waals surface area contributed by atoms with Gasteiger partial charge in [0.1, 0.15) is 5.75 Å². The lowest BCUT2D eigenvalue weighted by Gasteiger charge is -2.11. The van der Waals surface area contributed by atoms with Crippen molar-refractivity contribution in [1.29, 1.82) is 0 Å². The van der Waals surface area contributed by atoms with Crippen molar-refractivity contribution in [1.82, 2.24) is 10.6 Å². The van der Waals surface area contributed by atoms with Gasteiger partial charge in [0.25, 0.3) is 0 Å². The van der Waals surface area contributed by atoms with Crippen LogP contribution in [0.2, 0.25) is 0 Å². The van der Waals surface area contributed by atoms with E-state index in [4.69, 9.17) is 9.47 Å². The first-order valence-corrected chi connectivity index (χ1v) is 8.53. The number of nitrogens with one attached hydrogen (secondary N) is 2. The van der Waals surface area contributed by atoms with Crippen LogP contribution in [0.4, 0.5) is 0 Å². The van der Waals surface area contributed by atoms with Gasteiger partial charge in [-0.15, -0.1) is 24.0 Å². The summed E-state index contributed by atoms with van der Waals surface area (Å²) < 4.78 is 10.6. The minimum absolute atomic E-state index is 0. The molecule has 138 valence electrons. The summed E-state index contributed by atoms with van der Waals surface area (Å²) in [5.41, 5.74) is 1.29. The number of aryl methyl sites for hydroxylation is 1. The van der Waals surface area contributed by atoms with Crippen molar-refractivity contribution in [3.63, 3.8) is 0 Å². The van der Waals surface area contributed by atoms with Crippen LogP contribution in [0.15, 0.2) is 29.3 Å². The topological polar surface area (TPSA) is 54.9 Å². The second-order valence-electron chi connectivity index (χ2n) is 5.19. The fraction of sp³-hybridized carbons (Fsp3) is 0.611. The monoisotopic (exact) mass is 449 g/mol. The molecule has 0 radical (unpaired) electrons. The minimum atomic E-state index is 0. The Hall–Kier alpha value is -1.02. The molecule has 5 nitrogen and oxygen atoms in total. The van der Waals surface area contributed by atoms with E-state index in [9.17, 15) is 0 Å². The Bertz CT molecular complexity index is 456. The van der Waals surface area contributed by atoms with Crippen molar-refractivity contribution in [3.8, 4) is 5.75 Å². The van der Waals surface area contributed by atoms with E-state index in [1.165, 1.54) is 5.56 Å². The number of ether oxygens (including phenoxy) is 2. The Kier molecular flexibility index (Phi) is 14.8. The molecule has 1 aromatic rings. The molecule has 0 saturated carbocycles. The van der Waals surface area contributed by atoms with Crippen molar-refractivity contribution in [2.45, 2.75) is 33.1 Å². The molecule has 1 rings (SSSR count). The Morgan fingerprint density at radius 3 is 2.71 bits per heavy atom. The van der Waals surface area contributed by atoms with Crippen LogP contribution in [0.1, 0.15) is 32.3 Å². The van der Waals surface area contributed by atoms with Gasteiger partial charge in [-0.2, -0.15) is 0 Å². The summed E-state index contributed by atoms with van der Waals surface area (Å²) in [6, 6.07) is 8.21. The Balaban J connectivity index is 0.00000529. The van der Waals surface area contributed by atoms with Crippen LogP contribution in [0, 0.1) is 0 Å². The first-order valence-electron chi connectivity index (χ1n) is 8.53. The van der Waals surface area contributed by atoms with E-state index < -0.39 is 0 Å².